The van der Waals surface area contributed by atoms with Gasteiger partial charge in [-0.1, -0.05) is 25.1 Å². The Bertz CT molecular complexity index is 821. The van der Waals surface area contributed by atoms with Gasteiger partial charge in [0.25, 0.3) is 5.91 Å². The molecule has 3 aromatic rings. The lowest BCUT2D eigenvalue weighted by molar-refractivity contribution is 0.0949. The molecule has 0 aliphatic carbocycles. The summed E-state index contributed by atoms with van der Waals surface area (Å²) in [6.45, 7) is 3.10. The molecule has 120 valence electrons. The van der Waals surface area contributed by atoms with Gasteiger partial charge in [0.15, 0.2) is 0 Å². The Morgan fingerprint density at radius 1 is 1.39 bits per heavy atom. The summed E-state index contributed by atoms with van der Waals surface area (Å²) >= 11 is 1.41. The Hall–Kier alpha value is -2.18. The van der Waals surface area contributed by atoms with Crippen molar-refractivity contribution in [1.82, 2.24) is 15.3 Å². The number of nitrogens with zero attached hydrogens (tertiary/aromatic N) is 1. The summed E-state index contributed by atoms with van der Waals surface area (Å²) in [6.07, 6.45) is 3.82. The zero-order valence-electron chi connectivity index (χ0n) is 13.1. The number of hydrogen-bond donors (Lipinski definition) is 3. The van der Waals surface area contributed by atoms with Gasteiger partial charge in [0.05, 0.1) is 0 Å². The minimum Gasteiger partial charge on any atom is -0.361 e. The molecule has 0 aliphatic heterocycles. The highest BCUT2D eigenvalue weighted by Gasteiger charge is 2.11. The van der Waals surface area contributed by atoms with Crippen LogP contribution in [0.4, 0.5) is 0 Å². The summed E-state index contributed by atoms with van der Waals surface area (Å²) in [6, 6.07) is 6.35. The molecular formula is C17H20N4OS. The van der Waals surface area contributed by atoms with Gasteiger partial charge in [-0.05, 0) is 24.0 Å². The molecule has 0 fully saturated rings. The first-order valence-electron chi connectivity index (χ1n) is 7.73. The number of fused-ring (bicyclic) bond motifs is 1. The van der Waals surface area contributed by atoms with E-state index >= 15 is 0 Å². The lowest BCUT2D eigenvalue weighted by Gasteiger charge is -2.03. The van der Waals surface area contributed by atoms with Gasteiger partial charge in [-0.3, -0.25) is 4.79 Å². The first-order valence-corrected chi connectivity index (χ1v) is 8.61. The third kappa shape index (κ3) is 3.28. The molecule has 6 heteroatoms. The summed E-state index contributed by atoms with van der Waals surface area (Å²) in [5.41, 5.74) is 9.69. The topological polar surface area (TPSA) is 83.8 Å². The van der Waals surface area contributed by atoms with Crippen LogP contribution >= 0.6 is 11.3 Å². The molecule has 0 atom stereocenters. The van der Waals surface area contributed by atoms with Crippen molar-refractivity contribution >= 4 is 28.1 Å². The zero-order valence-corrected chi connectivity index (χ0v) is 13.9. The van der Waals surface area contributed by atoms with E-state index in [1.54, 1.807) is 5.38 Å². The van der Waals surface area contributed by atoms with Crippen molar-refractivity contribution in [1.29, 1.82) is 0 Å². The molecule has 4 N–H and O–H groups in total. The number of thiazole rings is 1. The lowest BCUT2D eigenvalue weighted by atomic mass is 10.1. The van der Waals surface area contributed by atoms with Crippen LogP contribution in [0.5, 0.6) is 0 Å². The van der Waals surface area contributed by atoms with E-state index in [1.807, 2.05) is 6.20 Å². The highest BCUT2D eigenvalue weighted by atomic mass is 32.1. The summed E-state index contributed by atoms with van der Waals surface area (Å²) in [5, 5.41) is 6.68. The molecule has 0 spiro atoms. The second-order valence-electron chi connectivity index (χ2n) is 5.34. The van der Waals surface area contributed by atoms with E-state index in [0.29, 0.717) is 18.8 Å². The van der Waals surface area contributed by atoms with Gasteiger partial charge in [-0.25, -0.2) is 4.98 Å². The van der Waals surface area contributed by atoms with Crippen LogP contribution in [-0.2, 0) is 19.4 Å². The van der Waals surface area contributed by atoms with Crippen molar-refractivity contribution < 1.29 is 4.79 Å². The van der Waals surface area contributed by atoms with Crippen LogP contribution in [0.1, 0.15) is 33.5 Å². The van der Waals surface area contributed by atoms with Crippen LogP contribution in [0.2, 0.25) is 0 Å². The fourth-order valence-electron chi connectivity index (χ4n) is 2.69. The van der Waals surface area contributed by atoms with E-state index in [1.165, 1.54) is 33.4 Å². The Balaban J connectivity index is 1.63. The van der Waals surface area contributed by atoms with Gasteiger partial charge in [0.2, 0.25) is 0 Å². The van der Waals surface area contributed by atoms with E-state index in [4.69, 9.17) is 5.73 Å². The van der Waals surface area contributed by atoms with Gasteiger partial charge >= 0.3 is 0 Å². The first-order chi connectivity index (χ1) is 11.2. The smallest absolute Gasteiger partial charge is 0.270 e. The molecule has 0 saturated carbocycles. The molecule has 1 aromatic carbocycles. The van der Waals surface area contributed by atoms with Gasteiger partial charge in [-0.15, -0.1) is 11.3 Å². The number of H-pyrrole nitrogens is 1. The third-order valence-electron chi connectivity index (χ3n) is 3.91. The fourth-order valence-corrected chi connectivity index (χ4v) is 3.34. The predicted molar refractivity (Wildman–Crippen MR) is 93.7 cm³/mol. The molecule has 0 bridgehead atoms. The molecule has 0 saturated heterocycles. The molecule has 23 heavy (non-hydrogen) atoms. The summed E-state index contributed by atoms with van der Waals surface area (Å²) in [7, 11) is 0. The largest absolute Gasteiger partial charge is 0.361 e. The Kier molecular flexibility index (Phi) is 4.73. The van der Waals surface area contributed by atoms with Crippen molar-refractivity contribution in [3.8, 4) is 0 Å². The van der Waals surface area contributed by atoms with E-state index in [-0.39, 0.29) is 5.91 Å². The Morgan fingerprint density at radius 3 is 3.00 bits per heavy atom. The minimum atomic E-state index is -0.143. The van der Waals surface area contributed by atoms with E-state index < -0.39 is 0 Å². The standard InChI is InChI=1S/C17H20N4OS/c1-2-11-4-3-5-13-12(9-20-16(11)13)6-7-19-17(22)14-10-23-15(8-18)21-14/h3-5,9-10,20H,2,6-8,18H2,1H3,(H,19,22). The van der Waals surface area contributed by atoms with Gasteiger partial charge < -0.3 is 16.0 Å². The lowest BCUT2D eigenvalue weighted by Crippen LogP contribution is -2.26. The van der Waals surface area contributed by atoms with Crippen molar-refractivity contribution in [3.63, 3.8) is 0 Å². The SMILES string of the molecule is CCc1cccc2c(CCNC(=O)c3csc(CN)n3)c[nH]c12. The normalized spacial score (nSPS) is 11.0. The van der Waals surface area contributed by atoms with Crippen molar-refractivity contribution in [2.24, 2.45) is 5.73 Å². The molecule has 2 aromatic heterocycles. The number of carbonyl (C=O) groups is 1. The predicted octanol–water partition coefficient (Wildman–Crippen LogP) is 2.62. The first kappa shape index (κ1) is 15.7. The number of aromatic nitrogens is 2. The molecule has 1 amide bonds. The molecule has 5 nitrogen and oxygen atoms in total. The molecule has 2 heterocycles. The molecule has 3 rings (SSSR count). The third-order valence-corrected chi connectivity index (χ3v) is 4.78. The number of para-hydroxylation sites is 1. The number of rotatable bonds is 6. The van der Waals surface area contributed by atoms with Crippen LogP contribution < -0.4 is 11.1 Å². The molecular weight excluding hydrogens is 308 g/mol. The maximum atomic E-state index is 12.1. The number of benzene rings is 1. The fraction of sp³-hybridized carbons (Fsp3) is 0.294. The summed E-state index contributed by atoms with van der Waals surface area (Å²) in [4.78, 5) is 19.6. The average Bonchev–Trinajstić information content (AvgIpc) is 3.21. The van der Waals surface area contributed by atoms with Crippen molar-refractivity contribution in [3.05, 3.63) is 51.6 Å². The second-order valence-corrected chi connectivity index (χ2v) is 6.29. The van der Waals surface area contributed by atoms with Crippen LogP contribution in [0, 0.1) is 0 Å². The zero-order chi connectivity index (χ0) is 16.2. The minimum absolute atomic E-state index is 0.143. The van der Waals surface area contributed by atoms with Crippen LogP contribution in [0.15, 0.2) is 29.8 Å². The molecule has 0 aliphatic rings. The number of nitrogens with two attached hydrogens (primary N) is 1. The molecule has 0 unspecified atom stereocenters. The van der Waals surface area contributed by atoms with Crippen LogP contribution in [0.3, 0.4) is 0 Å². The van der Waals surface area contributed by atoms with Crippen LogP contribution in [-0.4, -0.2) is 22.4 Å². The molecule has 0 radical (unpaired) electrons. The number of aryl methyl sites for hydroxylation is 1. The average molecular weight is 328 g/mol. The van der Waals surface area contributed by atoms with Crippen molar-refractivity contribution in [2.45, 2.75) is 26.3 Å². The Morgan fingerprint density at radius 2 is 2.26 bits per heavy atom. The van der Waals surface area contributed by atoms with Crippen LogP contribution in [0.25, 0.3) is 10.9 Å². The second kappa shape index (κ2) is 6.93. The number of carbonyl (C=O) groups excluding carboxylic acids is 1. The highest BCUT2D eigenvalue weighted by Crippen LogP contribution is 2.22. The van der Waals surface area contributed by atoms with Crippen molar-refractivity contribution in [2.75, 3.05) is 6.54 Å². The van der Waals surface area contributed by atoms with E-state index in [2.05, 4.69) is 40.4 Å². The van der Waals surface area contributed by atoms with E-state index in [0.717, 1.165) is 17.8 Å². The highest BCUT2D eigenvalue weighted by molar-refractivity contribution is 7.09. The number of aromatic amines is 1. The maximum absolute atomic E-state index is 12.1. The maximum Gasteiger partial charge on any atom is 0.270 e. The number of nitrogens with one attached hydrogen (secondary N) is 2. The number of amides is 1. The number of hydrogen-bond acceptors (Lipinski definition) is 4. The quantitative estimate of drug-likeness (QED) is 0.650. The van der Waals surface area contributed by atoms with Gasteiger partial charge in [0, 0.05) is 35.6 Å². The summed E-state index contributed by atoms with van der Waals surface area (Å²) in [5.74, 6) is -0.143. The van der Waals surface area contributed by atoms with Gasteiger partial charge in [0.1, 0.15) is 10.7 Å². The monoisotopic (exact) mass is 328 g/mol. The Labute approximate surface area is 138 Å². The van der Waals surface area contributed by atoms with Gasteiger partial charge in [-0.2, -0.15) is 0 Å². The summed E-state index contributed by atoms with van der Waals surface area (Å²) < 4.78 is 0. The van der Waals surface area contributed by atoms with E-state index in [9.17, 15) is 4.79 Å².